The molecule has 1 unspecified atom stereocenters. The number of hydrazine groups is 1. The van der Waals surface area contributed by atoms with Gasteiger partial charge in [-0.3, -0.25) is 24.4 Å². The molecule has 5 rings (SSSR count). The molecule has 1 atom stereocenters. The maximum absolute atomic E-state index is 13.4. The molecule has 0 saturated carbocycles. The second-order valence-electron chi connectivity index (χ2n) is 8.38. The summed E-state index contributed by atoms with van der Waals surface area (Å²) in [4.78, 5) is 43.7. The zero-order valence-corrected chi connectivity index (χ0v) is 21.8. The van der Waals surface area contributed by atoms with Crippen LogP contribution in [0.5, 0.6) is 5.75 Å². The van der Waals surface area contributed by atoms with E-state index in [-0.39, 0.29) is 28.9 Å². The van der Waals surface area contributed by atoms with E-state index in [1.807, 2.05) is 61.5 Å². The van der Waals surface area contributed by atoms with Crippen molar-refractivity contribution in [2.24, 2.45) is 0 Å². The van der Waals surface area contributed by atoms with Crippen molar-refractivity contribution >= 4 is 46.2 Å². The van der Waals surface area contributed by atoms with Crippen molar-refractivity contribution in [1.82, 2.24) is 20.0 Å². The van der Waals surface area contributed by atoms with E-state index < -0.39 is 5.37 Å². The van der Waals surface area contributed by atoms with E-state index in [0.717, 1.165) is 22.9 Å². The van der Waals surface area contributed by atoms with Crippen LogP contribution in [-0.2, 0) is 9.59 Å². The molecule has 188 valence electrons. The van der Waals surface area contributed by atoms with Gasteiger partial charge in [-0.2, -0.15) is 0 Å². The minimum Gasteiger partial charge on any atom is -0.496 e. The molecule has 0 bridgehead atoms. The first kappa shape index (κ1) is 24.9. The molecular formula is C27H24N4O4S2. The number of benzene rings is 3. The SMILES string of the molecule is COc1ccccc1C1SCC(=O)N1NC(=O)CSc1nc2ccccc2c(=O)n1-c1ccc(C)cc1. The number of carbonyl (C=O) groups excluding carboxylic acids is 2. The molecule has 2 heterocycles. The molecule has 1 saturated heterocycles. The van der Waals surface area contributed by atoms with Gasteiger partial charge in [0.1, 0.15) is 11.1 Å². The minimum atomic E-state index is -0.401. The Morgan fingerprint density at radius 3 is 2.59 bits per heavy atom. The molecule has 1 fully saturated rings. The van der Waals surface area contributed by atoms with Crippen LogP contribution < -0.4 is 15.7 Å². The van der Waals surface area contributed by atoms with Gasteiger partial charge >= 0.3 is 0 Å². The summed E-state index contributed by atoms with van der Waals surface area (Å²) in [6.07, 6.45) is 0. The Bertz CT molecular complexity index is 1540. The summed E-state index contributed by atoms with van der Waals surface area (Å²) >= 11 is 2.56. The molecule has 8 nitrogen and oxygen atoms in total. The molecule has 1 aromatic heterocycles. The highest BCUT2D eigenvalue weighted by Gasteiger charge is 2.36. The molecule has 0 aliphatic carbocycles. The third kappa shape index (κ3) is 5.07. The molecular weight excluding hydrogens is 508 g/mol. The number of carbonyl (C=O) groups is 2. The molecule has 1 N–H and O–H groups in total. The summed E-state index contributed by atoms with van der Waals surface area (Å²) in [5.41, 5.74) is 5.63. The van der Waals surface area contributed by atoms with Crippen LogP contribution in [0, 0.1) is 6.92 Å². The summed E-state index contributed by atoms with van der Waals surface area (Å²) in [7, 11) is 1.57. The number of fused-ring (bicyclic) bond motifs is 1. The minimum absolute atomic E-state index is 0.0380. The van der Waals surface area contributed by atoms with Crippen molar-refractivity contribution in [1.29, 1.82) is 0 Å². The first-order valence-corrected chi connectivity index (χ1v) is 13.6. The van der Waals surface area contributed by atoms with E-state index in [1.54, 1.807) is 25.3 Å². The van der Waals surface area contributed by atoms with Gasteiger partial charge < -0.3 is 4.74 Å². The Hall–Kier alpha value is -3.76. The molecule has 2 amide bonds. The zero-order valence-electron chi connectivity index (χ0n) is 20.2. The predicted octanol–water partition coefficient (Wildman–Crippen LogP) is 4.10. The molecule has 0 spiro atoms. The van der Waals surface area contributed by atoms with Crippen molar-refractivity contribution in [3.63, 3.8) is 0 Å². The molecule has 0 radical (unpaired) electrons. The van der Waals surface area contributed by atoms with Crippen LogP contribution in [0.15, 0.2) is 82.7 Å². The smallest absolute Gasteiger partial charge is 0.266 e. The van der Waals surface area contributed by atoms with Gasteiger partial charge in [0, 0.05) is 5.56 Å². The lowest BCUT2D eigenvalue weighted by Gasteiger charge is -2.25. The van der Waals surface area contributed by atoms with Gasteiger partial charge in [-0.05, 0) is 37.3 Å². The van der Waals surface area contributed by atoms with Gasteiger partial charge in [0.15, 0.2) is 5.16 Å². The lowest BCUT2D eigenvalue weighted by molar-refractivity contribution is -0.138. The Morgan fingerprint density at radius 1 is 1.08 bits per heavy atom. The average Bonchev–Trinajstić information content (AvgIpc) is 3.27. The number of rotatable bonds is 7. The largest absolute Gasteiger partial charge is 0.496 e. The molecule has 3 aromatic carbocycles. The van der Waals surface area contributed by atoms with Crippen LogP contribution in [0.3, 0.4) is 0 Å². The second-order valence-corrected chi connectivity index (χ2v) is 10.4. The third-order valence-corrected chi connectivity index (χ3v) is 8.02. The van der Waals surface area contributed by atoms with Gasteiger partial charge in [0.25, 0.3) is 11.5 Å². The van der Waals surface area contributed by atoms with Crippen molar-refractivity contribution in [3.05, 3.63) is 94.3 Å². The van der Waals surface area contributed by atoms with E-state index in [9.17, 15) is 14.4 Å². The van der Waals surface area contributed by atoms with E-state index in [0.29, 0.717) is 27.5 Å². The first-order chi connectivity index (χ1) is 18.0. The normalized spacial score (nSPS) is 15.2. The van der Waals surface area contributed by atoms with Gasteiger partial charge in [-0.25, -0.2) is 9.99 Å². The van der Waals surface area contributed by atoms with E-state index in [2.05, 4.69) is 10.4 Å². The number of hydrogen-bond acceptors (Lipinski definition) is 7. The summed E-state index contributed by atoms with van der Waals surface area (Å²) in [6, 6.07) is 22.1. The Kier molecular flexibility index (Phi) is 7.20. The van der Waals surface area contributed by atoms with Crippen LogP contribution in [0.25, 0.3) is 16.6 Å². The van der Waals surface area contributed by atoms with Crippen LogP contribution >= 0.6 is 23.5 Å². The summed E-state index contributed by atoms with van der Waals surface area (Å²) in [6.45, 7) is 1.97. The maximum atomic E-state index is 13.4. The highest BCUT2D eigenvalue weighted by molar-refractivity contribution is 8.00. The molecule has 1 aliphatic heterocycles. The van der Waals surface area contributed by atoms with Gasteiger partial charge in [0.2, 0.25) is 5.91 Å². The average molecular weight is 533 g/mol. The van der Waals surface area contributed by atoms with Crippen molar-refractivity contribution in [3.8, 4) is 11.4 Å². The fourth-order valence-electron chi connectivity index (χ4n) is 4.07. The van der Waals surface area contributed by atoms with Crippen molar-refractivity contribution in [2.75, 3.05) is 18.6 Å². The van der Waals surface area contributed by atoms with Gasteiger partial charge in [-0.15, -0.1) is 11.8 Å². The van der Waals surface area contributed by atoms with Crippen LogP contribution in [0.4, 0.5) is 0 Å². The highest BCUT2D eigenvalue weighted by atomic mass is 32.2. The van der Waals surface area contributed by atoms with Gasteiger partial charge in [0.05, 0.1) is 35.2 Å². The number of aryl methyl sites for hydroxylation is 1. The molecule has 4 aromatic rings. The lowest BCUT2D eigenvalue weighted by Crippen LogP contribution is -2.45. The number of thioether (sulfide) groups is 2. The number of methoxy groups -OCH3 is 1. The predicted molar refractivity (Wildman–Crippen MR) is 146 cm³/mol. The monoisotopic (exact) mass is 532 g/mol. The lowest BCUT2D eigenvalue weighted by atomic mass is 10.2. The third-order valence-electron chi connectivity index (χ3n) is 5.89. The first-order valence-electron chi connectivity index (χ1n) is 11.5. The van der Waals surface area contributed by atoms with E-state index >= 15 is 0 Å². The fraction of sp³-hybridized carbons (Fsp3) is 0.185. The highest BCUT2D eigenvalue weighted by Crippen LogP contribution is 2.41. The second kappa shape index (κ2) is 10.7. The van der Waals surface area contributed by atoms with Crippen LogP contribution in [0.1, 0.15) is 16.5 Å². The van der Waals surface area contributed by atoms with E-state index in [1.165, 1.54) is 21.3 Å². The zero-order chi connectivity index (χ0) is 25.9. The number of ether oxygens (including phenoxy) is 1. The Morgan fingerprint density at radius 2 is 1.81 bits per heavy atom. The number of para-hydroxylation sites is 2. The number of nitrogens with zero attached hydrogens (tertiary/aromatic N) is 3. The summed E-state index contributed by atoms with van der Waals surface area (Å²) in [5, 5.41) is 1.84. The van der Waals surface area contributed by atoms with Crippen LogP contribution in [0.2, 0.25) is 0 Å². The summed E-state index contributed by atoms with van der Waals surface area (Å²) < 4.78 is 6.97. The van der Waals surface area contributed by atoms with E-state index in [4.69, 9.17) is 4.74 Å². The molecule has 1 aliphatic rings. The number of aromatic nitrogens is 2. The van der Waals surface area contributed by atoms with Crippen molar-refractivity contribution < 1.29 is 14.3 Å². The Labute approximate surface area is 222 Å². The summed E-state index contributed by atoms with van der Waals surface area (Å²) in [5.74, 6) is 0.281. The number of amides is 2. The number of hydrogen-bond donors (Lipinski definition) is 1. The number of nitrogens with one attached hydrogen (secondary N) is 1. The topological polar surface area (TPSA) is 93.5 Å². The van der Waals surface area contributed by atoms with Gasteiger partial charge in [-0.1, -0.05) is 59.8 Å². The molecule has 37 heavy (non-hydrogen) atoms. The Balaban J connectivity index is 1.40. The van der Waals surface area contributed by atoms with Crippen molar-refractivity contribution in [2.45, 2.75) is 17.5 Å². The maximum Gasteiger partial charge on any atom is 0.266 e. The van der Waals surface area contributed by atoms with Crippen LogP contribution in [-0.4, -0.2) is 45.0 Å². The fourth-order valence-corrected chi connectivity index (χ4v) is 6.01. The quantitative estimate of drug-likeness (QED) is 0.283. The standard InChI is InChI=1S/C27H24N4O4S2/c1-17-11-13-18(14-12-17)30-25(34)19-7-3-5-9-21(19)28-27(30)37-15-23(32)29-31-24(33)16-36-26(31)20-8-4-6-10-22(20)35-2/h3-14,26H,15-16H2,1-2H3,(H,29,32). The molecule has 10 heteroatoms.